The minimum absolute atomic E-state index is 0.305. The van der Waals surface area contributed by atoms with Gasteiger partial charge >= 0.3 is 5.69 Å². The molecule has 0 aliphatic rings. The fourth-order valence-corrected chi connectivity index (χ4v) is 1.14. The van der Waals surface area contributed by atoms with Gasteiger partial charge in [-0.3, -0.25) is 20.2 Å². The number of nitro groups is 2. The number of nitro benzene ring substituents is 2. The number of phenolic OH excluding ortho intramolecular Hbond substituents is 2. The van der Waals surface area contributed by atoms with E-state index in [9.17, 15) is 20.2 Å². The Morgan fingerprint density at radius 2 is 1.73 bits per heavy atom. The first-order valence-corrected chi connectivity index (χ1v) is 3.70. The molecular weight excluding hydrogens is 208 g/mol. The topological polar surface area (TPSA) is 127 Å². The maximum atomic E-state index is 10.5. The van der Waals surface area contributed by atoms with Crippen molar-refractivity contribution in [1.82, 2.24) is 0 Å². The first-order valence-electron chi connectivity index (χ1n) is 3.70. The van der Waals surface area contributed by atoms with Gasteiger partial charge in [-0.2, -0.15) is 0 Å². The molecule has 0 aliphatic carbocycles. The smallest absolute Gasteiger partial charge is 0.324 e. The van der Waals surface area contributed by atoms with Gasteiger partial charge in [0.15, 0.2) is 5.75 Å². The monoisotopic (exact) mass is 214 g/mol. The standard InChI is InChI=1S/C7H6N2O6/c1-3-4(8(12)13)2-5(10)7(11)6(3)9(14)15/h2,10-11H,1H3. The van der Waals surface area contributed by atoms with Crippen LogP contribution < -0.4 is 0 Å². The summed E-state index contributed by atoms with van der Waals surface area (Å²) < 4.78 is 0. The van der Waals surface area contributed by atoms with Crippen molar-refractivity contribution in [3.8, 4) is 11.5 Å². The highest BCUT2D eigenvalue weighted by Gasteiger charge is 2.29. The normalized spacial score (nSPS) is 9.93. The van der Waals surface area contributed by atoms with E-state index in [-0.39, 0.29) is 5.56 Å². The van der Waals surface area contributed by atoms with Gasteiger partial charge in [-0.15, -0.1) is 0 Å². The Morgan fingerprint density at radius 1 is 1.20 bits per heavy atom. The maximum absolute atomic E-state index is 10.5. The molecule has 0 atom stereocenters. The zero-order valence-corrected chi connectivity index (χ0v) is 7.50. The second-order valence-corrected chi connectivity index (χ2v) is 2.75. The van der Waals surface area contributed by atoms with E-state index < -0.39 is 32.7 Å². The highest BCUT2D eigenvalue weighted by Crippen LogP contribution is 2.42. The zero-order chi connectivity index (χ0) is 11.7. The third kappa shape index (κ3) is 1.64. The van der Waals surface area contributed by atoms with Crippen LogP contribution in [0.1, 0.15) is 5.56 Å². The molecule has 0 bridgehead atoms. The highest BCUT2D eigenvalue weighted by molar-refractivity contribution is 5.66. The molecule has 15 heavy (non-hydrogen) atoms. The van der Waals surface area contributed by atoms with E-state index in [0.717, 1.165) is 6.92 Å². The fourth-order valence-electron chi connectivity index (χ4n) is 1.14. The van der Waals surface area contributed by atoms with E-state index in [0.29, 0.717) is 6.07 Å². The van der Waals surface area contributed by atoms with Crippen molar-refractivity contribution < 1.29 is 20.1 Å². The van der Waals surface area contributed by atoms with Crippen LogP contribution in [0.15, 0.2) is 6.07 Å². The second kappa shape index (κ2) is 3.40. The van der Waals surface area contributed by atoms with Gasteiger partial charge in [0.05, 0.1) is 15.9 Å². The van der Waals surface area contributed by atoms with Crippen LogP contribution in [0.2, 0.25) is 0 Å². The summed E-state index contributed by atoms with van der Waals surface area (Å²) in [5.41, 5.74) is -1.78. The van der Waals surface area contributed by atoms with Crippen molar-refractivity contribution in [3.05, 3.63) is 31.9 Å². The quantitative estimate of drug-likeness (QED) is 0.432. The number of phenols is 2. The van der Waals surface area contributed by atoms with Crippen LogP contribution in [-0.2, 0) is 0 Å². The molecule has 0 heterocycles. The van der Waals surface area contributed by atoms with Crippen LogP contribution in [0.4, 0.5) is 11.4 Å². The van der Waals surface area contributed by atoms with E-state index in [1.54, 1.807) is 0 Å². The lowest BCUT2D eigenvalue weighted by atomic mass is 10.1. The van der Waals surface area contributed by atoms with Crippen LogP contribution in [0, 0.1) is 27.2 Å². The van der Waals surface area contributed by atoms with E-state index in [2.05, 4.69) is 0 Å². The molecule has 0 saturated heterocycles. The molecule has 0 spiro atoms. The van der Waals surface area contributed by atoms with Gasteiger partial charge < -0.3 is 10.2 Å². The lowest BCUT2D eigenvalue weighted by molar-refractivity contribution is -0.396. The Bertz CT molecular complexity index is 455. The molecule has 2 N–H and O–H groups in total. The summed E-state index contributed by atoms with van der Waals surface area (Å²) >= 11 is 0. The molecule has 8 nitrogen and oxygen atoms in total. The maximum Gasteiger partial charge on any atom is 0.324 e. The number of rotatable bonds is 2. The lowest BCUT2D eigenvalue weighted by Crippen LogP contribution is -1.98. The van der Waals surface area contributed by atoms with E-state index in [1.165, 1.54) is 0 Å². The molecule has 0 radical (unpaired) electrons. The zero-order valence-electron chi connectivity index (χ0n) is 7.50. The first kappa shape index (κ1) is 10.7. The van der Waals surface area contributed by atoms with Gasteiger partial charge in [-0.05, 0) is 6.92 Å². The SMILES string of the molecule is Cc1c([N+](=O)[O-])cc(O)c(O)c1[N+](=O)[O-]. The summed E-state index contributed by atoms with van der Waals surface area (Å²) in [6, 6.07) is 0.664. The second-order valence-electron chi connectivity index (χ2n) is 2.75. The minimum atomic E-state index is -0.989. The Morgan fingerprint density at radius 3 is 2.13 bits per heavy atom. The van der Waals surface area contributed by atoms with Crippen molar-refractivity contribution >= 4 is 11.4 Å². The average Bonchev–Trinajstić information content (AvgIpc) is 2.10. The van der Waals surface area contributed by atoms with E-state index in [1.807, 2.05) is 0 Å². The fraction of sp³-hybridized carbons (Fsp3) is 0.143. The van der Waals surface area contributed by atoms with Crippen LogP contribution in [0.5, 0.6) is 11.5 Å². The summed E-state index contributed by atoms with van der Waals surface area (Å²) in [7, 11) is 0. The molecule has 1 rings (SSSR count). The van der Waals surface area contributed by atoms with Crippen LogP contribution in [-0.4, -0.2) is 20.1 Å². The van der Waals surface area contributed by atoms with Crippen molar-refractivity contribution in [2.45, 2.75) is 6.92 Å². The average molecular weight is 214 g/mol. The van der Waals surface area contributed by atoms with E-state index in [4.69, 9.17) is 10.2 Å². The molecule has 0 aliphatic heterocycles. The molecule has 0 unspecified atom stereocenters. The van der Waals surface area contributed by atoms with Gasteiger partial charge in [-0.1, -0.05) is 0 Å². The third-order valence-electron chi connectivity index (χ3n) is 1.86. The van der Waals surface area contributed by atoms with Crippen molar-refractivity contribution in [2.75, 3.05) is 0 Å². The Kier molecular flexibility index (Phi) is 2.43. The van der Waals surface area contributed by atoms with Crippen LogP contribution in [0.3, 0.4) is 0 Å². The largest absolute Gasteiger partial charge is 0.504 e. The summed E-state index contributed by atoms with van der Waals surface area (Å²) in [5.74, 6) is -1.86. The summed E-state index contributed by atoms with van der Waals surface area (Å²) in [4.78, 5) is 19.1. The minimum Gasteiger partial charge on any atom is -0.504 e. The van der Waals surface area contributed by atoms with Gasteiger partial charge in [0.2, 0.25) is 5.75 Å². The third-order valence-corrected chi connectivity index (χ3v) is 1.86. The molecule has 1 aromatic rings. The predicted molar refractivity (Wildman–Crippen MR) is 47.8 cm³/mol. The predicted octanol–water partition coefficient (Wildman–Crippen LogP) is 1.22. The lowest BCUT2D eigenvalue weighted by Gasteiger charge is -2.02. The molecule has 0 saturated carbocycles. The van der Waals surface area contributed by atoms with Crippen molar-refractivity contribution in [2.24, 2.45) is 0 Å². The molecule has 80 valence electrons. The van der Waals surface area contributed by atoms with Crippen LogP contribution >= 0.6 is 0 Å². The van der Waals surface area contributed by atoms with Crippen LogP contribution in [0.25, 0.3) is 0 Å². The Labute approximate surface area is 82.7 Å². The summed E-state index contributed by atoms with van der Waals surface area (Å²) in [6.07, 6.45) is 0. The summed E-state index contributed by atoms with van der Waals surface area (Å²) in [6.45, 7) is 1.12. The molecule has 0 fully saturated rings. The number of aromatic hydroxyl groups is 2. The molecule has 0 amide bonds. The summed E-state index contributed by atoms with van der Waals surface area (Å²) in [5, 5.41) is 39.1. The van der Waals surface area contributed by atoms with Gasteiger partial charge in [0.25, 0.3) is 5.69 Å². The first-order chi connectivity index (χ1) is 6.86. The number of benzene rings is 1. The number of hydrogen-bond acceptors (Lipinski definition) is 6. The molecule has 0 aromatic heterocycles. The Balaban J connectivity index is 3.63. The van der Waals surface area contributed by atoms with Crippen molar-refractivity contribution in [3.63, 3.8) is 0 Å². The van der Waals surface area contributed by atoms with Crippen molar-refractivity contribution in [1.29, 1.82) is 0 Å². The number of nitrogens with zero attached hydrogens (tertiary/aromatic N) is 2. The van der Waals surface area contributed by atoms with E-state index >= 15 is 0 Å². The molecule has 8 heteroatoms. The number of hydrogen-bond donors (Lipinski definition) is 2. The Hall–Kier alpha value is -2.38. The molecular formula is C7H6N2O6. The molecule has 1 aromatic carbocycles. The van der Waals surface area contributed by atoms with Gasteiger partial charge in [-0.25, -0.2) is 0 Å². The van der Waals surface area contributed by atoms with Gasteiger partial charge in [0, 0.05) is 0 Å². The highest BCUT2D eigenvalue weighted by atomic mass is 16.6. The van der Waals surface area contributed by atoms with Gasteiger partial charge in [0.1, 0.15) is 5.56 Å².